The Labute approximate surface area is 112 Å². The van der Waals surface area contributed by atoms with Crippen molar-refractivity contribution in [1.29, 1.82) is 0 Å². The normalized spacial score (nSPS) is 20.9. The van der Waals surface area contributed by atoms with E-state index in [0.29, 0.717) is 25.1 Å². The summed E-state index contributed by atoms with van der Waals surface area (Å²) in [6, 6.07) is 8.78. The molecule has 3 N–H and O–H groups in total. The number of aliphatic hydroxyl groups is 1. The van der Waals surface area contributed by atoms with Gasteiger partial charge >= 0.3 is 0 Å². The molecule has 5 nitrogen and oxygen atoms in total. The zero-order valence-corrected chi connectivity index (χ0v) is 10.7. The standard InChI is InChI=1S/C14H18N2O3/c15-13(18)11-7-4-8-16(9-11)14(19)12(17)10-5-2-1-3-6-10/h1-3,5-6,11-12,17H,4,7-9H2,(H2,15,18). The molecule has 1 saturated heterocycles. The first-order chi connectivity index (χ1) is 9.09. The van der Waals surface area contributed by atoms with Gasteiger partial charge in [0.25, 0.3) is 5.91 Å². The molecule has 1 aliphatic rings. The fourth-order valence-electron chi connectivity index (χ4n) is 2.36. The Bertz CT molecular complexity index is 461. The molecule has 1 aliphatic heterocycles. The number of carbonyl (C=O) groups excluding carboxylic acids is 2. The predicted molar refractivity (Wildman–Crippen MR) is 69.9 cm³/mol. The Balaban J connectivity index is 2.05. The van der Waals surface area contributed by atoms with Crippen LogP contribution in [-0.2, 0) is 9.59 Å². The van der Waals surface area contributed by atoms with Gasteiger partial charge in [0.2, 0.25) is 5.91 Å². The lowest BCUT2D eigenvalue weighted by molar-refractivity contribution is -0.143. The van der Waals surface area contributed by atoms with Crippen LogP contribution in [-0.4, -0.2) is 34.9 Å². The summed E-state index contributed by atoms with van der Waals surface area (Å²) in [5, 5.41) is 10.1. The minimum absolute atomic E-state index is 0.304. The topological polar surface area (TPSA) is 83.6 Å². The van der Waals surface area contributed by atoms with Gasteiger partial charge in [-0.15, -0.1) is 0 Å². The summed E-state index contributed by atoms with van der Waals surface area (Å²) in [4.78, 5) is 24.9. The summed E-state index contributed by atoms with van der Waals surface area (Å²) >= 11 is 0. The van der Waals surface area contributed by atoms with Gasteiger partial charge in [-0.2, -0.15) is 0 Å². The quantitative estimate of drug-likeness (QED) is 0.829. The van der Waals surface area contributed by atoms with Crippen molar-refractivity contribution in [2.24, 2.45) is 11.7 Å². The lowest BCUT2D eigenvalue weighted by Gasteiger charge is -2.32. The molecule has 5 heteroatoms. The Kier molecular flexibility index (Phi) is 4.16. The Morgan fingerprint density at radius 2 is 2.00 bits per heavy atom. The third-order valence-corrected chi connectivity index (χ3v) is 3.48. The van der Waals surface area contributed by atoms with Gasteiger partial charge in [0.15, 0.2) is 6.10 Å². The Morgan fingerprint density at radius 3 is 2.63 bits per heavy atom. The average Bonchev–Trinajstić information content (AvgIpc) is 2.46. The fourth-order valence-corrected chi connectivity index (χ4v) is 2.36. The van der Waals surface area contributed by atoms with Gasteiger partial charge in [-0.25, -0.2) is 0 Å². The highest BCUT2D eigenvalue weighted by atomic mass is 16.3. The molecule has 1 aromatic carbocycles. The smallest absolute Gasteiger partial charge is 0.256 e. The van der Waals surface area contributed by atoms with E-state index >= 15 is 0 Å². The number of carbonyl (C=O) groups is 2. The molecule has 2 atom stereocenters. The Hall–Kier alpha value is -1.88. The van der Waals surface area contributed by atoms with Crippen molar-refractivity contribution in [2.75, 3.05) is 13.1 Å². The second-order valence-electron chi connectivity index (χ2n) is 4.84. The summed E-state index contributed by atoms with van der Waals surface area (Å²) in [6.07, 6.45) is 0.273. The second-order valence-corrected chi connectivity index (χ2v) is 4.84. The molecule has 0 spiro atoms. The minimum Gasteiger partial charge on any atom is -0.378 e. The van der Waals surface area contributed by atoms with E-state index in [0.717, 1.165) is 6.42 Å². The van der Waals surface area contributed by atoms with Crippen LogP contribution in [0.4, 0.5) is 0 Å². The molecule has 102 valence electrons. The lowest BCUT2D eigenvalue weighted by Crippen LogP contribution is -2.45. The summed E-state index contributed by atoms with van der Waals surface area (Å²) in [6.45, 7) is 0.866. The highest BCUT2D eigenvalue weighted by Gasteiger charge is 2.30. The molecular formula is C14H18N2O3. The highest BCUT2D eigenvalue weighted by molar-refractivity contribution is 5.83. The molecule has 0 saturated carbocycles. The SMILES string of the molecule is NC(=O)C1CCCN(C(=O)C(O)c2ccccc2)C1. The van der Waals surface area contributed by atoms with Crippen LogP contribution >= 0.6 is 0 Å². The lowest BCUT2D eigenvalue weighted by atomic mass is 9.96. The maximum Gasteiger partial charge on any atom is 0.256 e. The number of aliphatic hydroxyl groups excluding tert-OH is 1. The van der Waals surface area contributed by atoms with E-state index in [1.54, 1.807) is 24.3 Å². The number of benzene rings is 1. The van der Waals surface area contributed by atoms with Crippen LogP contribution < -0.4 is 5.73 Å². The number of hydrogen-bond donors (Lipinski definition) is 2. The van der Waals surface area contributed by atoms with Crippen molar-refractivity contribution in [1.82, 2.24) is 4.90 Å². The van der Waals surface area contributed by atoms with Crippen molar-refractivity contribution in [3.63, 3.8) is 0 Å². The molecule has 2 unspecified atom stereocenters. The maximum absolute atomic E-state index is 12.2. The van der Waals surface area contributed by atoms with E-state index in [4.69, 9.17) is 5.73 Å². The molecular weight excluding hydrogens is 244 g/mol. The van der Waals surface area contributed by atoms with Crippen molar-refractivity contribution in [3.8, 4) is 0 Å². The Morgan fingerprint density at radius 1 is 1.32 bits per heavy atom. The van der Waals surface area contributed by atoms with Crippen LogP contribution in [0.3, 0.4) is 0 Å². The number of piperidine rings is 1. The number of likely N-dealkylation sites (tertiary alicyclic amines) is 1. The number of nitrogens with two attached hydrogens (primary N) is 1. The van der Waals surface area contributed by atoms with Crippen LogP contribution in [0.2, 0.25) is 0 Å². The van der Waals surface area contributed by atoms with Gasteiger partial charge in [0.05, 0.1) is 5.92 Å². The zero-order chi connectivity index (χ0) is 13.8. The predicted octanol–water partition coefficient (Wildman–Crippen LogP) is 0.444. The molecule has 0 radical (unpaired) electrons. The summed E-state index contributed by atoms with van der Waals surface area (Å²) < 4.78 is 0. The molecule has 0 bridgehead atoms. The number of amides is 2. The van der Waals surface area contributed by atoms with Crippen LogP contribution in [0.25, 0.3) is 0 Å². The van der Waals surface area contributed by atoms with Gasteiger partial charge in [-0.3, -0.25) is 9.59 Å². The number of hydrogen-bond acceptors (Lipinski definition) is 3. The van der Waals surface area contributed by atoms with Crippen LogP contribution in [0.5, 0.6) is 0 Å². The van der Waals surface area contributed by atoms with Crippen molar-refractivity contribution in [3.05, 3.63) is 35.9 Å². The van der Waals surface area contributed by atoms with Crippen molar-refractivity contribution < 1.29 is 14.7 Å². The molecule has 0 aliphatic carbocycles. The molecule has 1 heterocycles. The summed E-state index contributed by atoms with van der Waals surface area (Å²) in [5.74, 6) is -1.05. The average molecular weight is 262 g/mol. The fraction of sp³-hybridized carbons (Fsp3) is 0.429. The summed E-state index contributed by atoms with van der Waals surface area (Å²) in [5.41, 5.74) is 5.84. The molecule has 1 aromatic rings. The van der Waals surface area contributed by atoms with E-state index in [1.807, 2.05) is 6.07 Å². The van der Waals surface area contributed by atoms with E-state index in [9.17, 15) is 14.7 Å². The second kappa shape index (κ2) is 5.84. The third kappa shape index (κ3) is 3.12. The van der Waals surface area contributed by atoms with E-state index in [-0.39, 0.29) is 17.7 Å². The van der Waals surface area contributed by atoms with E-state index in [2.05, 4.69) is 0 Å². The molecule has 0 aromatic heterocycles. The van der Waals surface area contributed by atoms with Gasteiger partial charge in [0, 0.05) is 13.1 Å². The first-order valence-electron chi connectivity index (χ1n) is 6.40. The largest absolute Gasteiger partial charge is 0.378 e. The number of nitrogens with zero attached hydrogens (tertiary/aromatic N) is 1. The minimum atomic E-state index is -1.17. The number of primary amides is 1. The first kappa shape index (κ1) is 13.5. The van der Waals surface area contributed by atoms with Gasteiger partial charge < -0.3 is 15.7 Å². The van der Waals surface area contributed by atoms with Gasteiger partial charge in [-0.05, 0) is 18.4 Å². The summed E-state index contributed by atoms with van der Waals surface area (Å²) in [7, 11) is 0. The van der Waals surface area contributed by atoms with E-state index < -0.39 is 6.10 Å². The van der Waals surface area contributed by atoms with Crippen molar-refractivity contribution in [2.45, 2.75) is 18.9 Å². The monoisotopic (exact) mass is 262 g/mol. The molecule has 2 rings (SSSR count). The van der Waals surface area contributed by atoms with Gasteiger partial charge in [0.1, 0.15) is 0 Å². The zero-order valence-electron chi connectivity index (χ0n) is 10.7. The third-order valence-electron chi connectivity index (χ3n) is 3.48. The first-order valence-corrected chi connectivity index (χ1v) is 6.40. The number of rotatable bonds is 3. The maximum atomic E-state index is 12.2. The van der Waals surface area contributed by atoms with Crippen LogP contribution in [0.15, 0.2) is 30.3 Å². The molecule has 1 fully saturated rings. The molecule has 2 amide bonds. The van der Waals surface area contributed by atoms with Crippen LogP contribution in [0, 0.1) is 5.92 Å². The van der Waals surface area contributed by atoms with Gasteiger partial charge in [-0.1, -0.05) is 30.3 Å². The van der Waals surface area contributed by atoms with Crippen LogP contribution in [0.1, 0.15) is 24.5 Å². The van der Waals surface area contributed by atoms with Crippen molar-refractivity contribution >= 4 is 11.8 Å². The molecule has 19 heavy (non-hydrogen) atoms. The van der Waals surface area contributed by atoms with E-state index in [1.165, 1.54) is 4.90 Å². The highest BCUT2D eigenvalue weighted by Crippen LogP contribution is 2.21.